The highest BCUT2D eigenvalue weighted by atomic mass is 79.9. The molecule has 0 radical (unpaired) electrons. The first-order valence-corrected chi connectivity index (χ1v) is 5.72. The second-order valence-corrected chi connectivity index (χ2v) is 4.40. The Morgan fingerprint density at radius 1 is 1.19 bits per heavy atom. The van der Waals surface area contributed by atoms with E-state index in [2.05, 4.69) is 26.2 Å². The molecule has 1 heterocycles. The van der Waals surface area contributed by atoms with Gasteiger partial charge in [-0.05, 0) is 35.9 Å². The van der Waals surface area contributed by atoms with Crippen molar-refractivity contribution < 1.29 is 0 Å². The summed E-state index contributed by atoms with van der Waals surface area (Å²) >= 11 is 3.40. The summed E-state index contributed by atoms with van der Waals surface area (Å²) in [6.07, 6.45) is 3.45. The fourth-order valence-corrected chi connectivity index (χ4v) is 1.64. The zero-order valence-corrected chi connectivity index (χ0v) is 10.2. The Kier molecular flexibility index (Phi) is 3.41. The standard InChI is InChI=1S/C12H12BrN3/c13-10-1-3-12(4-2-10)16-7-9-5-11(14)8-15-6-9/h1-6,8,16H,7,14H2. The minimum atomic E-state index is 0.690. The van der Waals surface area contributed by atoms with Gasteiger partial charge >= 0.3 is 0 Å². The lowest BCUT2D eigenvalue weighted by molar-refractivity contribution is 1.11. The molecule has 0 aliphatic heterocycles. The number of pyridine rings is 1. The van der Waals surface area contributed by atoms with E-state index in [1.165, 1.54) is 0 Å². The second-order valence-electron chi connectivity index (χ2n) is 3.49. The molecule has 3 N–H and O–H groups in total. The van der Waals surface area contributed by atoms with E-state index < -0.39 is 0 Å². The van der Waals surface area contributed by atoms with Crippen molar-refractivity contribution >= 4 is 27.3 Å². The van der Waals surface area contributed by atoms with Crippen LogP contribution in [0.15, 0.2) is 47.2 Å². The Morgan fingerprint density at radius 3 is 2.62 bits per heavy atom. The summed E-state index contributed by atoms with van der Waals surface area (Å²) in [7, 11) is 0. The van der Waals surface area contributed by atoms with Gasteiger partial charge in [-0.15, -0.1) is 0 Å². The number of nitrogens with one attached hydrogen (secondary N) is 1. The van der Waals surface area contributed by atoms with Crippen LogP contribution in [0, 0.1) is 0 Å². The van der Waals surface area contributed by atoms with Crippen LogP contribution < -0.4 is 11.1 Å². The van der Waals surface area contributed by atoms with Crippen LogP contribution in [0.1, 0.15) is 5.56 Å². The van der Waals surface area contributed by atoms with Gasteiger partial charge in [0.2, 0.25) is 0 Å². The van der Waals surface area contributed by atoms with Gasteiger partial charge in [0.25, 0.3) is 0 Å². The van der Waals surface area contributed by atoms with E-state index in [1.54, 1.807) is 6.20 Å². The zero-order valence-electron chi connectivity index (χ0n) is 8.65. The third-order valence-corrected chi connectivity index (χ3v) is 2.69. The SMILES string of the molecule is Nc1cncc(CNc2ccc(Br)cc2)c1. The molecule has 0 saturated carbocycles. The molecule has 0 saturated heterocycles. The van der Waals surface area contributed by atoms with Crippen molar-refractivity contribution in [1.29, 1.82) is 0 Å². The Hall–Kier alpha value is -1.55. The van der Waals surface area contributed by atoms with Gasteiger partial charge in [0.1, 0.15) is 0 Å². The molecule has 0 atom stereocenters. The van der Waals surface area contributed by atoms with Crippen LogP contribution in [-0.2, 0) is 6.54 Å². The van der Waals surface area contributed by atoms with Crippen LogP contribution in [0.4, 0.5) is 11.4 Å². The summed E-state index contributed by atoms with van der Waals surface area (Å²) in [5.74, 6) is 0. The Labute approximate surface area is 103 Å². The van der Waals surface area contributed by atoms with E-state index in [1.807, 2.05) is 36.5 Å². The van der Waals surface area contributed by atoms with E-state index in [9.17, 15) is 0 Å². The summed E-state index contributed by atoms with van der Waals surface area (Å²) in [5.41, 5.74) is 8.49. The van der Waals surface area contributed by atoms with Crippen molar-refractivity contribution in [2.24, 2.45) is 0 Å². The summed E-state index contributed by atoms with van der Waals surface area (Å²) in [6, 6.07) is 9.95. The Morgan fingerprint density at radius 2 is 1.94 bits per heavy atom. The van der Waals surface area contributed by atoms with Crippen molar-refractivity contribution in [2.45, 2.75) is 6.54 Å². The van der Waals surface area contributed by atoms with Crippen molar-refractivity contribution in [3.63, 3.8) is 0 Å². The molecule has 1 aromatic heterocycles. The quantitative estimate of drug-likeness (QED) is 0.907. The smallest absolute Gasteiger partial charge is 0.0504 e. The Bertz CT molecular complexity index is 468. The monoisotopic (exact) mass is 277 g/mol. The minimum absolute atomic E-state index is 0.690. The average Bonchev–Trinajstić information content (AvgIpc) is 2.28. The molecule has 0 aliphatic carbocycles. The zero-order chi connectivity index (χ0) is 11.4. The largest absolute Gasteiger partial charge is 0.397 e. The molecule has 0 bridgehead atoms. The van der Waals surface area contributed by atoms with E-state index in [0.717, 1.165) is 22.3 Å². The molecule has 0 unspecified atom stereocenters. The van der Waals surface area contributed by atoms with Crippen molar-refractivity contribution in [1.82, 2.24) is 4.98 Å². The fraction of sp³-hybridized carbons (Fsp3) is 0.0833. The average molecular weight is 278 g/mol. The van der Waals surface area contributed by atoms with E-state index in [4.69, 9.17) is 5.73 Å². The third-order valence-electron chi connectivity index (χ3n) is 2.16. The molecule has 0 amide bonds. The van der Waals surface area contributed by atoms with Gasteiger partial charge in [-0.3, -0.25) is 4.98 Å². The third kappa shape index (κ3) is 2.97. The van der Waals surface area contributed by atoms with E-state index in [0.29, 0.717) is 5.69 Å². The van der Waals surface area contributed by atoms with Gasteiger partial charge in [-0.1, -0.05) is 15.9 Å². The maximum absolute atomic E-state index is 5.65. The first-order chi connectivity index (χ1) is 7.74. The number of nitrogen functional groups attached to an aromatic ring is 1. The normalized spacial score (nSPS) is 10.1. The topological polar surface area (TPSA) is 50.9 Å². The van der Waals surface area contributed by atoms with E-state index in [-0.39, 0.29) is 0 Å². The van der Waals surface area contributed by atoms with E-state index >= 15 is 0 Å². The highest BCUT2D eigenvalue weighted by molar-refractivity contribution is 9.10. The molecule has 2 rings (SSSR count). The number of benzene rings is 1. The number of rotatable bonds is 3. The van der Waals surface area contributed by atoms with Gasteiger partial charge in [-0.2, -0.15) is 0 Å². The summed E-state index contributed by atoms with van der Waals surface area (Å²) in [4.78, 5) is 4.04. The summed E-state index contributed by atoms with van der Waals surface area (Å²) in [6.45, 7) is 0.722. The molecule has 3 nitrogen and oxygen atoms in total. The van der Waals surface area contributed by atoms with Gasteiger partial charge < -0.3 is 11.1 Å². The fourth-order valence-electron chi connectivity index (χ4n) is 1.38. The Balaban J connectivity index is 1.99. The molecule has 16 heavy (non-hydrogen) atoms. The van der Waals surface area contributed by atoms with Crippen molar-refractivity contribution in [3.05, 3.63) is 52.8 Å². The molecule has 4 heteroatoms. The first-order valence-electron chi connectivity index (χ1n) is 4.93. The predicted octanol–water partition coefficient (Wildman–Crippen LogP) is 3.04. The molecule has 2 aromatic rings. The molecular weight excluding hydrogens is 266 g/mol. The lowest BCUT2D eigenvalue weighted by Crippen LogP contribution is -2.00. The molecule has 0 spiro atoms. The van der Waals surface area contributed by atoms with Crippen LogP contribution in [0.25, 0.3) is 0 Å². The number of nitrogens with two attached hydrogens (primary N) is 1. The minimum Gasteiger partial charge on any atom is -0.397 e. The van der Waals surface area contributed by atoms with Gasteiger partial charge in [-0.25, -0.2) is 0 Å². The van der Waals surface area contributed by atoms with Gasteiger partial charge in [0, 0.05) is 29.1 Å². The van der Waals surface area contributed by atoms with Gasteiger partial charge in [0.15, 0.2) is 0 Å². The van der Waals surface area contributed by atoms with Crippen molar-refractivity contribution in [2.75, 3.05) is 11.1 Å². The number of halogens is 1. The van der Waals surface area contributed by atoms with Crippen LogP contribution in [0.5, 0.6) is 0 Å². The molecule has 1 aromatic carbocycles. The maximum atomic E-state index is 5.65. The summed E-state index contributed by atoms with van der Waals surface area (Å²) in [5, 5.41) is 3.30. The number of aromatic nitrogens is 1. The number of hydrogen-bond acceptors (Lipinski definition) is 3. The highest BCUT2D eigenvalue weighted by Gasteiger charge is 1.95. The molecule has 0 fully saturated rings. The van der Waals surface area contributed by atoms with Crippen molar-refractivity contribution in [3.8, 4) is 0 Å². The number of hydrogen-bond donors (Lipinski definition) is 2. The molecule has 82 valence electrons. The number of anilines is 2. The summed E-state index contributed by atoms with van der Waals surface area (Å²) < 4.78 is 1.07. The number of nitrogens with zero attached hydrogens (tertiary/aromatic N) is 1. The lowest BCUT2D eigenvalue weighted by Gasteiger charge is -2.06. The van der Waals surface area contributed by atoms with Gasteiger partial charge in [0.05, 0.1) is 5.69 Å². The predicted molar refractivity (Wildman–Crippen MR) is 70.1 cm³/mol. The first kappa shape index (κ1) is 11.0. The molecule has 0 aliphatic rings. The molecular formula is C12H12BrN3. The van der Waals surface area contributed by atoms with Crippen LogP contribution in [-0.4, -0.2) is 4.98 Å². The maximum Gasteiger partial charge on any atom is 0.0504 e. The second kappa shape index (κ2) is 4.99. The van der Waals surface area contributed by atoms with Crippen LogP contribution in [0.3, 0.4) is 0 Å². The highest BCUT2D eigenvalue weighted by Crippen LogP contribution is 2.15. The van der Waals surface area contributed by atoms with Crippen LogP contribution in [0.2, 0.25) is 0 Å². The lowest BCUT2D eigenvalue weighted by atomic mass is 10.2. The van der Waals surface area contributed by atoms with Crippen LogP contribution >= 0.6 is 15.9 Å².